The minimum absolute atomic E-state index is 0.487. The number of allylic oxidation sites excluding steroid dienone is 2. The van der Waals surface area contributed by atoms with Crippen molar-refractivity contribution in [2.75, 3.05) is 26.2 Å². The summed E-state index contributed by atoms with van der Waals surface area (Å²) >= 11 is 0. The van der Waals surface area contributed by atoms with E-state index in [9.17, 15) is 0 Å². The molecule has 1 aliphatic heterocycles. The van der Waals surface area contributed by atoms with E-state index in [0.29, 0.717) is 5.54 Å². The molecule has 2 nitrogen and oxygen atoms in total. The van der Waals surface area contributed by atoms with E-state index >= 15 is 0 Å². The average Bonchev–Trinajstić information content (AvgIpc) is 2.75. The average molecular weight is 248 g/mol. The van der Waals surface area contributed by atoms with Gasteiger partial charge in [0.25, 0.3) is 0 Å². The van der Waals surface area contributed by atoms with Crippen LogP contribution in [-0.4, -0.2) is 36.6 Å². The van der Waals surface area contributed by atoms with Gasteiger partial charge in [-0.05, 0) is 57.5 Å². The standard InChI is InChI=1S/C16H28N2/c1-2-7-15(8-3-1)13-18-12-6-11-17-16(14-18)9-4-5-10-16/h1-2,15,17H,3-14H2. The monoisotopic (exact) mass is 248 g/mol. The quantitative estimate of drug-likeness (QED) is 0.756. The first-order valence-electron chi connectivity index (χ1n) is 7.99. The van der Waals surface area contributed by atoms with Crippen molar-refractivity contribution >= 4 is 0 Å². The van der Waals surface area contributed by atoms with Crippen molar-refractivity contribution in [2.45, 2.75) is 56.9 Å². The van der Waals surface area contributed by atoms with Gasteiger partial charge in [-0.15, -0.1) is 0 Å². The maximum atomic E-state index is 3.87. The van der Waals surface area contributed by atoms with Crippen molar-refractivity contribution in [1.29, 1.82) is 0 Å². The molecule has 18 heavy (non-hydrogen) atoms. The Morgan fingerprint density at radius 3 is 2.83 bits per heavy atom. The van der Waals surface area contributed by atoms with Crippen LogP contribution in [0.1, 0.15) is 51.4 Å². The van der Waals surface area contributed by atoms with Crippen molar-refractivity contribution in [3.05, 3.63) is 12.2 Å². The molecule has 0 amide bonds. The Kier molecular flexibility index (Phi) is 4.05. The Morgan fingerprint density at radius 2 is 2.06 bits per heavy atom. The molecule has 0 aromatic heterocycles. The van der Waals surface area contributed by atoms with Crippen LogP contribution in [0.25, 0.3) is 0 Å². The summed E-state index contributed by atoms with van der Waals surface area (Å²) in [5.41, 5.74) is 0.487. The van der Waals surface area contributed by atoms with Crippen molar-refractivity contribution in [3.8, 4) is 0 Å². The van der Waals surface area contributed by atoms with Gasteiger partial charge >= 0.3 is 0 Å². The molecule has 0 bridgehead atoms. The molecule has 1 atom stereocenters. The summed E-state index contributed by atoms with van der Waals surface area (Å²) in [6.45, 7) is 5.21. The Bertz CT molecular complexity index is 291. The summed E-state index contributed by atoms with van der Waals surface area (Å²) in [6.07, 6.45) is 15.8. The van der Waals surface area contributed by atoms with Gasteiger partial charge < -0.3 is 10.2 Å². The van der Waals surface area contributed by atoms with Crippen molar-refractivity contribution < 1.29 is 0 Å². The van der Waals surface area contributed by atoms with E-state index in [-0.39, 0.29) is 0 Å². The Balaban J connectivity index is 1.58. The molecular weight excluding hydrogens is 220 g/mol. The van der Waals surface area contributed by atoms with E-state index < -0.39 is 0 Å². The minimum atomic E-state index is 0.487. The number of nitrogens with one attached hydrogen (secondary N) is 1. The summed E-state index contributed by atoms with van der Waals surface area (Å²) in [4.78, 5) is 2.77. The summed E-state index contributed by atoms with van der Waals surface area (Å²) in [5.74, 6) is 0.923. The second kappa shape index (κ2) is 5.75. The van der Waals surface area contributed by atoms with Gasteiger partial charge in [0.05, 0.1) is 0 Å². The predicted octanol–water partition coefficient (Wildman–Crippen LogP) is 2.95. The molecule has 3 aliphatic rings. The third kappa shape index (κ3) is 2.97. The second-order valence-corrected chi connectivity index (χ2v) is 6.65. The number of hydrogen-bond donors (Lipinski definition) is 1. The molecule has 2 fully saturated rings. The predicted molar refractivity (Wildman–Crippen MR) is 76.7 cm³/mol. The van der Waals surface area contributed by atoms with Crippen LogP contribution in [0.4, 0.5) is 0 Å². The highest BCUT2D eigenvalue weighted by Gasteiger charge is 2.36. The smallest absolute Gasteiger partial charge is 0.0308 e. The van der Waals surface area contributed by atoms with Crippen LogP contribution in [-0.2, 0) is 0 Å². The number of hydrogen-bond acceptors (Lipinski definition) is 2. The third-order valence-corrected chi connectivity index (χ3v) is 5.13. The van der Waals surface area contributed by atoms with Crippen LogP contribution < -0.4 is 5.32 Å². The minimum Gasteiger partial charge on any atom is -0.310 e. The lowest BCUT2D eigenvalue weighted by Gasteiger charge is -2.35. The van der Waals surface area contributed by atoms with Gasteiger partial charge in [-0.2, -0.15) is 0 Å². The topological polar surface area (TPSA) is 15.3 Å². The van der Waals surface area contributed by atoms with Crippen molar-refractivity contribution in [1.82, 2.24) is 10.2 Å². The Labute approximate surface area is 112 Å². The molecule has 2 aliphatic carbocycles. The van der Waals surface area contributed by atoms with Gasteiger partial charge in [0, 0.05) is 18.6 Å². The first-order valence-corrected chi connectivity index (χ1v) is 7.99. The SMILES string of the molecule is C1=CCC(CN2CCCNC3(CCCC3)C2)CC1. The van der Waals surface area contributed by atoms with E-state index in [0.717, 1.165) is 5.92 Å². The fourth-order valence-electron chi connectivity index (χ4n) is 4.15. The van der Waals surface area contributed by atoms with Crippen molar-refractivity contribution in [2.24, 2.45) is 5.92 Å². The molecule has 0 aromatic rings. The Hall–Kier alpha value is -0.340. The molecule has 1 spiro atoms. The highest BCUT2D eigenvalue weighted by Crippen LogP contribution is 2.32. The molecule has 1 saturated carbocycles. The van der Waals surface area contributed by atoms with E-state index in [4.69, 9.17) is 0 Å². The normalized spacial score (nSPS) is 32.8. The van der Waals surface area contributed by atoms with E-state index in [1.54, 1.807) is 0 Å². The zero-order chi connectivity index (χ0) is 12.3. The molecule has 0 aromatic carbocycles. The molecular formula is C16H28N2. The van der Waals surface area contributed by atoms with Gasteiger partial charge in [-0.25, -0.2) is 0 Å². The van der Waals surface area contributed by atoms with Crippen LogP contribution in [0, 0.1) is 5.92 Å². The highest BCUT2D eigenvalue weighted by molar-refractivity contribution is 4.98. The molecule has 102 valence electrons. The van der Waals surface area contributed by atoms with Crippen LogP contribution >= 0.6 is 0 Å². The lowest BCUT2D eigenvalue weighted by atomic mass is 9.92. The molecule has 1 heterocycles. The molecule has 1 saturated heterocycles. The number of rotatable bonds is 2. The lowest BCUT2D eigenvalue weighted by molar-refractivity contribution is 0.179. The summed E-state index contributed by atoms with van der Waals surface area (Å²) < 4.78 is 0. The van der Waals surface area contributed by atoms with E-state index in [2.05, 4.69) is 22.4 Å². The fourth-order valence-corrected chi connectivity index (χ4v) is 4.15. The maximum absolute atomic E-state index is 3.87. The van der Waals surface area contributed by atoms with Gasteiger partial charge in [0.2, 0.25) is 0 Å². The van der Waals surface area contributed by atoms with Gasteiger partial charge in [-0.3, -0.25) is 0 Å². The number of nitrogens with zero attached hydrogens (tertiary/aromatic N) is 1. The summed E-state index contributed by atoms with van der Waals surface area (Å²) in [6, 6.07) is 0. The summed E-state index contributed by atoms with van der Waals surface area (Å²) in [7, 11) is 0. The van der Waals surface area contributed by atoms with Crippen LogP contribution in [0.5, 0.6) is 0 Å². The molecule has 1 N–H and O–H groups in total. The molecule has 0 radical (unpaired) electrons. The molecule has 2 heteroatoms. The van der Waals surface area contributed by atoms with Crippen LogP contribution in [0.3, 0.4) is 0 Å². The third-order valence-electron chi connectivity index (χ3n) is 5.13. The van der Waals surface area contributed by atoms with Crippen molar-refractivity contribution in [3.63, 3.8) is 0 Å². The highest BCUT2D eigenvalue weighted by atomic mass is 15.2. The second-order valence-electron chi connectivity index (χ2n) is 6.65. The van der Waals surface area contributed by atoms with Gasteiger partial charge in [0.15, 0.2) is 0 Å². The first kappa shape index (κ1) is 12.7. The van der Waals surface area contributed by atoms with E-state index in [1.807, 2.05) is 0 Å². The molecule has 3 rings (SSSR count). The fraction of sp³-hybridized carbons (Fsp3) is 0.875. The van der Waals surface area contributed by atoms with Crippen LogP contribution in [0.15, 0.2) is 12.2 Å². The lowest BCUT2D eigenvalue weighted by Crippen LogP contribution is -2.50. The largest absolute Gasteiger partial charge is 0.310 e. The van der Waals surface area contributed by atoms with Crippen LogP contribution in [0.2, 0.25) is 0 Å². The maximum Gasteiger partial charge on any atom is 0.0308 e. The first-order chi connectivity index (χ1) is 8.86. The van der Waals surface area contributed by atoms with Gasteiger partial charge in [-0.1, -0.05) is 25.0 Å². The zero-order valence-corrected chi connectivity index (χ0v) is 11.7. The van der Waals surface area contributed by atoms with Gasteiger partial charge in [0.1, 0.15) is 0 Å². The summed E-state index contributed by atoms with van der Waals surface area (Å²) in [5, 5.41) is 3.87. The van der Waals surface area contributed by atoms with E-state index in [1.165, 1.54) is 77.5 Å². The molecule has 1 unspecified atom stereocenters. The Morgan fingerprint density at radius 1 is 1.17 bits per heavy atom. The zero-order valence-electron chi connectivity index (χ0n) is 11.7.